The van der Waals surface area contributed by atoms with Gasteiger partial charge in [0.05, 0.1) is 16.8 Å². The Kier molecular flexibility index (Phi) is 3.35. The van der Waals surface area contributed by atoms with Crippen molar-refractivity contribution in [2.24, 2.45) is 7.05 Å². The number of thiazole rings is 1. The van der Waals surface area contributed by atoms with E-state index < -0.39 is 0 Å². The first-order chi connectivity index (χ1) is 9.54. The molecule has 1 fully saturated rings. The number of carbonyl (C=O) groups is 1. The van der Waals surface area contributed by atoms with Crippen molar-refractivity contribution >= 4 is 17.2 Å². The quantitative estimate of drug-likeness (QED) is 0.915. The minimum absolute atomic E-state index is 0.0257. The summed E-state index contributed by atoms with van der Waals surface area (Å²) in [5.74, 6) is -0.0257. The second-order valence-corrected chi connectivity index (χ2v) is 6.23. The van der Waals surface area contributed by atoms with E-state index in [1.54, 1.807) is 16.2 Å². The molecule has 1 amide bonds. The van der Waals surface area contributed by atoms with E-state index in [-0.39, 0.29) is 12.0 Å². The van der Waals surface area contributed by atoms with Gasteiger partial charge in [0.2, 0.25) is 0 Å². The number of carbonyl (C=O) groups excluding carboxylic acids is 1. The standard InChI is InChI=1S/C14H17N3O2S/c1-9-15-12(8-20-9)10-5-13(16(2)6-10)14(19)17-4-3-11(18)7-17/h5-6,8,11,18H,3-4,7H2,1-2H3/t11-/m1/s1. The number of hydrogen-bond acceptors (Lipinski definition) is 4. The van der Waals surface area contributed by atoms with E-state index >= 15 is 0 Å². The molecule has 0 unspecified atom stereocenters. The molecule has 1 atom stereocenters. The Morgan fingerprint density at radius 1 is 1.55 bits per heavy atom. The number of β-amino-alcohol motifs (C(OH)–C–C–N with tert-alkyl or cyclic N) is 1. The van der Waals surface area contributed by atoms with Crippen molar-refractivity contribution < 1.29 is 9.90 Å². The Morgan fingerprint density at radius 2 is 2.35 bits per heavy atom. The van der Waals surface area contributed by atoms with Crippen LogP contribution in [0.2, 0.25) is 0 Å². The van der Waals surface area contributed by atoms with Gasteiger partial charge in [0.1, 0.15) is 5.69 Å². The maximum Gasteiger partial charge on any atom is 0.270 e. The maximum absolute atomic E-state index is 12.4. The van der Waals surface area contributed by atoms with Crippen LogP contribution >= 0.6 is 11.3 Å². The van der Waals surface area contributed by atoms with Crippen molar-refractivity contribution in [1.29, 1.82) is 0 Å². The minimum Gasteiger partial charge on any atom is -0.391 e. The monoisotopic (exact) mass is 291 g/mol. The van der Waals surface area contributed by atoms with E-state index in [1.807, 2.05) is 36.2 Å². The molecule has 0 aromatic carbocycles. The smallest absolute Gasteiger partial charge is 0.270 e. The van der Waals surface area contributed by atoms with Gasteiger partial charge in [-0.05, 0) is 19.4 Å². The highest BCUT2D eigenvalue weighted by atomic mass is 32.1. The molecule has 3 rings (SSSR count). The first kappa shape index (κ1) is 13.3. The van der Waals surface area contributed by atoms with Crippen LogP contribution in [0.15, 0.2) is 17.6 Å². The lowest BCUT2D eigenvalue weighted by molar-refractivity contribution is 0.0755. The Morgan fingerprint density at radius 3 is 2.95 bits per heavy atom. The molecule has 1 aliphatic heterocycles. The first-order valence-corrected chi connectivity index (χ1v) is 7.49. The number of aliphatic hydroxyl groups excluding tert-OH is 1. The van der Waals surface area contributed by atoms with Crippen LogP contribution in [0.25, 0.3) is 11.3 Å². The summed E-state index contributed by atoms with van der Waals surface area (Å²) < 4.78 is 1.83. The Balaban J connectivity index is 1.87. The zero-order valence-electron chi connectivity index (χ0n) is 11.5. The molecule has 3 heterocycles. The second kappa shape index (κ2) is 5.03. The lowest BCUT2D eigenvalue weighted by Gasteiger charge is -2.15. The summed E-state index contributed by atoms with van der Waals surface area (Å²) in [7, 11) is 1.86. The SMILES string of the molecule is Cc1nc(-c2cc(C(=O)N3CC[C@@H](O)C3)n(C)c2)cs1. The van der Waals surface area contributed by atoms with Gasteiger partial charge >= 0.3 is 0 Å². The number of amides is 1. The van der Waals surface area contributed by atoms with Gasteiger partial charge in [-0.2, -0.15) is 0 Å². The van der Waals surface area contributed by atoms with E-state index in [0.717, 1.165) is 16.3 Å². The van der Waals surface area contributed by atoms with Crippen LogP contribution in [0.5, 0.6) is 0 Å². The average molecular weight is 291 g/mol. The van der Waals surface area contributed by atoms with E-state index in [4.69, 9.17) is 0 Å². The number of aromatic nitrogens is 2. The summed E-state index contributed by atoms with van der Waals surface area (Å²) >= 11 is 1.60. The zero-order valence-corrected chi connectivity index (χ0v) is 12.4. The predicted molar refractivity (Wildman–Crippen MR) is 77.8 cm³/mol. The number of aryl methyl sites for hydroxylation is 2. The molecular weight excluding hydrogens is 274 g/mol. The number of nitrogens with zero attached hydrogens (tertiary/aromatic N) is 3. The number of hydrogen-bond donors (Lipinski definition) is 1. The van der Waals surface area contributed by atoms with Gasteiger partial charge in [0.25, 0.3) is 5.91 Å². The second-order valence-electron chi connectivity index (χ2n) is 5.17. The molecule has 1 saturated heterocycles. The van der Waals surface area contributed by atoms with Crippen molar-refractivity contribution in [3.63, 3.8) is 0 Å². The third kappa shape index (κ3) is 2.36. The Bertz CT molecular complexity index is 647. The molecule has 106 valence electrons. The van der Waals surface area contributed by atoms with Gasteiger partial charge in [-0.25, -0.2) is 4.98 Å². The highest BCUT2D eigenvalue weighted by molar-refractivity contribution is 7.09. The third-order valence-electron chi connectivity index (χ3n) is 3.59. The van der Waals surface area contributed by atoms with Gasteiger partial charge in [-0.15, -0.1) is 11.3 Å². The zero-order chi connectivity index (χ0) is 14.3. The molecule has 20 heavy (non-hydrogen) atoms. The molecule has 1 aliphatic rings. The fraction of sp³-hybridized carbons (Fsp3) is 0.429. The highest BCUT2D eigenvalue weighted by Crippen LogP contribution is 2.24. The summed E-state index contributed by atoms with van der Waals surface area (Å²) in [6.45, 7) is 3.01. The lowest BCUT2D eigenvalue weighted by atomic mass is 10.2. The van der Waals surface area contributed by atoms with Gasteiger partial charge in [-0.1, -0.05) is 0 Å². The predicted octanol–water partition coefficient (Wildman–Crippen LogP) is 1.66. The van der Waals surface area contributed by atoms with Crippen molar-refractivity contribution in [1.82, 2.24) is 14.5 Å². The molecule has 2 aromatic rings. The molecule has 0 spiro atoms. The van der Waals surface area contributed by atoms with Crippen LogP contribution < -0.4 is 0 Å². The highest BCUT2D eigenvalue weighted by Gasteiger charge is 2.27. The van der Waals surface area contributed by atoms with Gasteiger partial charge < -0.3 is 14.6 Å². The average Bonchev–Trinajstić information content (AvgIpc) is 3.09. The van der Waals surface area contributed by atoms with Crippen molar-refractivity contribution in [2.75, 3.05) is 13.1 Å². The van der Waals surface area contributed by atoms with E-state index in [0.29, 0.717) is 25.2 Å². The van der Waals surface area contributed by atoms with E-state index in [1.165, 1.54) is 0 Å². The normalized spacial score (nSPS) is 18.8. The largest absolute Gasteiger partial charge is 0.391 e. The van der Waals surface area contributed by atoms with Gasteiger partial charge in [0.15, 0.2) is 0 Å². The lowest BCUT2D eigenvalue weighted by Crippen LogP contribution is -2.30. The fourth-order valence-corrected chi connectivity index (χ4v) is 3.12. The van der Waals surface area contributed by atoms with Crippen LogP contribution in [-0.2, 0) is 7.05 Å². The number of rotatable bonds is 2. The van der Waals surface area contributed by atoms with Crippen LogP contribution in [0.4, 0.5) is 0 Å². The van der Waals surface area contributed by atoms with E-state index in [9.17, 15) is 9.90 Å². The molecule has 1 N–H and O–H groups in total. The third-order valence-corrected chi connectivity index (χ3v) is 4.36. The Hall–Kier alpha value is -1.66. The Labute approximate surface area is 121 Å². The van der Waals surface area contributed by atoms with Gasteiger partial charge in [-0.3, -0.25) is 4.79 Å². The maximum atomic E-state index is 12.4. The molecule has 0 aliphatic carbocycles. The molecule has 2 aromatic heterocycles. The van der Waals surface area contributed by atoms with Crippen LogP contribution in [-0.4, -0.2) is 44.7 Å². The molecule has 0 bridgehead atoms. The molecule has 0 saturated carbocycles. The van der Waals surface area contributed by atoms with Crippen LogP contribution in [0, 0.1) is 6.92 Å². The number of aliphatic hydroxyl groups is 1. The summed E-state index contributed by atoms with van der Waals surface area (Å²) in [6.07, 6.45) is 2.20. The van der Waals surface area contributed by atoms with E-state index in [2.05, 4.69) is 4.98 Å². The molecular formula is C14H17N3O2S. The topological polar surface area (TPSA) is 58.4 Å². The summed E-state index contributed by atoms with van der Waals surface area (Å²) in [6, 6.07) is 1.88. The van der Waals surface area contributed by atoms with Crippen molar-refractivity contribution in [3.05, 3.63) is 28.3 Å². The minimum atomic E-state index is -0.389. The van der Waals surface area contributed by atoms with Crippen LogP contribution in [0.3, 0.4) is 0 Å². The summed E-state index contributed by atoms with van der Waals surface area (Å²) in [5.41, 5.74) is 2.50. The van der Waals surface area contributed by atoms with Crippen molar-refractivity contribution in [3.8, 4) is 11.3 Å². The molecule has 6 heteroatoms. The van der Waals surface area contributed by atoms with Crippen molar-refractivity contribution in [2.45, 2.75) is 19.4 Å². The number of likely N-dealkylation sites (tertiary alicyclic amines) is 1. The van der Waals surface area contributed by atoms with Crippen LogP contribution in [0.1, 0.15) is 21.9 Å². The fourth-order valence-electron chi connectivity index (χ4n) is 2.50. The summed E-state index contributed by atoms with van der Waals surface area (Å²) in [5, 5.41) is 12.6. The first-order valence-electron chi connectivity index (χ1n) is 6.61. The molecule has 0 radical (unpaired) electrons. The molecule has 5 nitrogen and oxygen atoms in total. The summed E-state index contributed by atoms with van der Waals surface area (Å²) in [4.78, 5) is 18.6. The van der Waals surface area contributed by atoms with Gasteiger partial charge in [0, 0.05) is 37.3 Å².